The lowest BCUT2D eigenvalue weighted by atomic mass is 9.99. The van der Waals surface area contributed by atoms with E-state index in [1.54, 1.807) is 18.4 Å². The zero-order chi connectivity index (χ0) is 14.5. The molecule has 0 aliphatic rings. The van der Waals surface area contributed by atoms with Crippen molar-refractivity contribution in [1.82, 2.24) is 5.32 Å². The third-order valence-electron chi connectivity index (χ3n) is 3.19. The normalized spacial score (nSPS) is 12.4. The van der Waals surface area contributed by atoms with Gasteiger partial charge in [0.25, 0.3) is 0 Å². The number of aryl methyl sites for hydroxylation is 1. The minimum Gasteiger partial charge on any atom is -0.496 e. The summed E-state index contributed by atoms with van der Waals surface area (Å²) in [5.74, 6) is 0.829. The zero-order valence-corrected chi connectivity index (χ0v) is 13.6. The van der Waals surface area contributed by atoms with Gasteiger partial charge in [-0.15, -0.1) is 11.3 Å². The molecule has 1 aromatic heterocycles. The molecule has 0 aliphatic heterocycles. The molecule has 0 radical (unpaired) electrons. The van der Waals surface area contributed by atoms with Crippen LogP contribution >= 0.6 is 22.9 Å². The molecule has 0 spiro atoms. The molecular formula is C16H20ClNOS. The van der Waals surface area contributed by atoms with Crippen molar-refractivity contribution < 1.29 is 4.74 Å². The van der Waals surface area contributed by atoms with Crippen molar-refractivity contribution in [3.05, 3.63) is 50.7 Å². The van der Waals surface area contributed by atoms with E-state index in [-0.39, 0.29) is 6.04 Å². The number of hydrogen-bond donors (Lipinski definition) is 1. The first-order valence-corrected chi connectivity index (χ1v) is 8.03. The molecule has 1 unspecified atom stereocenters. The SMILES string of the molecule is CCCNC(c1csc(C)c1)c1ccc(Cl)cc1OC. The highest BCUT2D eigenvalue weighted by Gasteiger charge is 2.18. The van der Waals surface area contributed by atoms with Gasteiger partial charge >= 0.3 is 0 Å². The van der Waals surface area contributed by atoms with Crippen molar-refractivity contribution in [2.45, 2.75) is 26.3 Å². The van der Waals surface area contributed by atoms with Crippen LogP contribution in [-0.2, 0) is 0 Å². The lowest BCUT2D eigenvalue weighted by molar-refractivity contribution is 0.404. The molecule has 2 aromatic rings. The van der Waals surface area contributed by atoms with Crippen LogP contribution in [0, 0.1) is 6.92 Å². The Morgan fingerprint density at radius 1 is 1.35 bits per heavy atom. The largest absolute Gasteiger partial charge is 0.496 e. The third-order valence-corrected chi connectivity index (χ3v) is 4.30. The monoisotopic (exact) mass is 309 g/mol. The van der Waals surface area contributed by atoms with E-state index in [2.05, 4.69) is 30.6 Å². The first-order chi connectivity index (χ1) is 9.65. The summed E-state index contributed by atoms with van der Waals surface area (Å²) in [6.45, 7) is 5.26. The molecule has 1 aromatic carbocycles. The number of halogens is 1. The number of hydrogen-bond acceptors (Lipinski definition) is 3. The minimum absolute atomic E-state index is 0.145. The summed E-state index contributed by atoms with van der Waals surface area (Å²) in [5, 5.41) is 6.49. The van der Waals surface area contributed by atoms with Crippen LogP contribution in [-0.4, -0.2) is 13.7 Å². The van der Waals surface area contributed by atoms with Crippen molar-refractivity contribution in [3.63, 3.8) is 0 Å². The van der Waals surface area contributed by atoms with Crippen LogP contribution in [0.5, 0.6) is 5.75 Å². The smallest absolute Gasteiger partial charge is 0.125 e. The van der Waals surface area contributed by atoms with Gasteiger partial charge in [-0.2, -0.15) is 0 Å². The molecule has 2 nitrogen and oxygen atoms in total. The van der Waals surface area contributed by atoms with Gasteiger partial charge in [-0.25, -0.2) is 0 Å². The Bertz CT molecular complexity index is 567. The zero-order valence-electron chi connectivity index (χ0n) is 12.1. The summed E-state index contributed by atoms with van der Waals surface area (Å²) in [4.78, 5) is 1.32. The highest BCUT2D eigenvalue weighted by molar-refractivity contribution is 7.10. The van der Waals surface area contributed by atoms with Crippen molar-refractivity contribution in [2.75, 3.05) is 13.7 Å². The number of methoxy groups -OCH3 is 1. The van der Waals surface area contributed by atoms with Crippen LogP contribution in [0.3, 0.4) is 0 Å². The van der Waals surface area contributed by atoms with Crippen LogP contribution in [0.1, 0.15) is 35.4 Å². The molecule has 108 valence electrons. The summed E-state index contributed by atoms with van der Waals surface area (Å²) >= 11 is 7.83. The molecule has 1 heterocycles. The summed E-state index contributed by atoms with van der Waals surface area (Å²) in [5.41, 5.74) is 2.41. The molecule has 0 amide bonds. The predicted octanol–water partition coefficient (Wildman–Crippen LogP) is 4.81. The fraction of sp³-hybridized carbons (Fsp3) is 0.375. The molecule has 20 heavy (non-hydrogen) atoms. The summed E-state index contributed by atoms with van der Waals surface area (Å²) in [7, 11) is 1.69. The first-order valence-electron chi connectivity index (χ1n) is 6.77. The van der Waals surface area contributed by atoms with E-state index >= 15 is 0 Å². The predicted molar refractivity (Wildman–Crippen MR) is 87.2 cm³/mol. The van der Waals surface area contributed by atoms with E-state index in [1.807, 2.05) is 18.2 Å². The maximum atomic E-state index is 6.06. The molecule has 0 saturated heterocycles. The average Bonchev–Trinajstić information content (AvgIpc) is 2.87. The van der Waals surface area contributed by atoms with Crippen molar-refractivity contribution >= 4 is 22.9 Å². The fourth-order valence-electron chi connectivity index (χ4n) is 2.23. The lowest BCUT2D eigenvalue weighted by Gasteiger charge is -2.21. The Morgan fingerprint density at radius 2 is 2.15 bits per heavy atom. The maximum absolute atomic E-state index is 6.06. The Labute approximate surface area is 129 Å². The van der Waals surface area contributed by atoms with E-state index in [0.717, 1.165) is 24.3 Å². The standard InChI is InChI=1S/C16H20ClNOS/c1-4-7-18-16(12-8-11(2)20-10-12)14-6-5-13(17)9-15(14)19-3/h5-6,8-10,16,18H,4,7H2,1-3H3. The van der Waals surface area contributed by atoms with Gasteiger partial charge in [-0.05, 0) is 49.0 Å². The Kier molecular flexibility index (Phi) is 5.46. The Balaban J connectivity index is 2.40. The summed E-state index contributed by atoms with van der Waals surface area (Å²) in [6.07, 6.45) is 1.09. The van der Waals surface area contributed by atoms with Gasteiger partial charge in [-0.3, -0.25) is 0 Å². The number of nitrogens with one attached hydrogen (secondary N) is 1. The Hall–Kier alpha value is -1.03. The van der Waals surface area contributed by atoms with Gasteiger partial charge < -0.3 is 10.1 Å². The summed E-state index contributed by atoms with van der Waals surface area (Å²) in [6, 6.07) is 8.20. The van der Waals surface area contributed by atoms with Gasteiger partial charge in [0.15, 0.2) is 0 Å². The first kappa shape index (κ1) is 15.4. The van der Waals surface area contributed by atoms with Crippen LogP contribution in [0.4, 0.5) is 0 Å². The second-order valence-electron chi connectivity index (χ2n) is 4.76. The van der Waals surface area contributed by atoms with Crippen molar-refractivity contribution in [2.24, 2.45) is 0 Å². The molecule has 0 fully saturated rings. The molecule has 1 atom stereocenters. The second-order valence-corrected chi connectivity index (χ2v) is 6.32. The fourth-order valence-corrected chi connectivity index (χ4v) is 3.13. The van der Waals surface area contributed by atoms with Crippen LogP contribution in [0.2, 0.25) is 5.02 Å². The molecule has 4 heteroatoms. The van der Waals surface area contributed by atoms with E-state index < -0.39 is 0 Å². The van der Waals surface area contributed by atoms with Crippen molar-refractivity contribution in [3.8, 4) is 5.75 Å². The van der Waals surface area contributed by atoms with Crippen LogP contribution < -0.4 is 10.1 Å². The van der Waals surface area contributed by atoms with E-state index in [9.17, 15) is 0 Å². The van der Waals surface area contributed by atoms with E-state index in [1.165, 1.54) is 10.4 Å². The molecule has 0 bridgehead atoms. The summed E-state index contributed by atoms with van der Waals surface area (Å²) < 4.78 is 5.49. The topological polar surface area (TPSA) is 21.3 Å². The molecule has 0 saturated carbocycles. The van der Waals surface area contributed by atoms with Crippen LogP contribution in [0.25, 0.3) is 0 Å². The van der Waals surface area contributed by atoms with Gasteiger partial charge in [0.1, 0.15) is 5.75 Å². The van der Waals surface area contributed by atoms with E-state index in [4.69, 9.17) is 16.3 Å². The molecule has 1 N–H and O–H groups in total. The van der Waals surface area contributed by atoms with Gasteiger partial charge in [0.05, 0.1) is 13.2 Å². The van der Waals surface area contributed by atoms with Crippen LogP contribution in [0.15, 0.2) is 29.6 Å². The van der Waals surface area contributed by atoms with E-state index in [0.29, 0.717) is 5.02 Å². The highest BCUT2D eigenvalue weighted by Crippen LogP contribution is 2.33. The van der Waals surface area contributed by atoms with Crippen molar-refractivity contribution in [1.29, 1.82) is 0 Å². The Morgan fingerprint density at radius 3 is 2.75 bits per heavy atom. The quantitative estimate of drug-likeness (QED) is 0.827. The third kappa shape index (κ3) is 3.54. The molecule has 2 rings (SSSR count). The number of rotatable bonds is 6. The number of benzene rings is 1. The number of ether oxygens (including phenoxy) is 1. The maximum Gasteiger partial charge on any atom is 0.125 e. The van der Waals surface area contributed by atoms with Gasteiger partial charge in [0, 0.05) is 15.5 Å². The minimum atomic E-state index is 0.145. The second kappa shape index (κ2) is 7.11. The lowest BCUT2D eigenvalue weighted by Crippen LogP contribution is -2.23. The molecular weight excluding hydrogens is 290 g/mol. The highest BCUT2D eigenvalue weighted by atomic mass is 35.5. The molecule has 0 aliphatic carbocycles. The average molecular weight is 310 g/mol. The number of thiophene rings is 1. The van der Waals surface area contributed by atoms with Gasteiger partial charge in [-0.1, -0.05) is 24.6 Å². The van der Waals surface area contributed by atoms with Gasteiger partial charge in [0.2, 0.25) is 0 Å².